The lowest BCUT2D eigenvalue weighted by molar-refractivity contribution is 0.0988. The molecule has 0 saturated heterocycles. The molecule has 1 rings (SSSR count). The molecular formula is C11H16ClNO2. The second kappa shape index (κ2) is 6.43. The van der Waals surface area contributed by atoms with Crippen LogP contribution >= 0.6 is 12.4 Å². The zero-order valence-electron chi connectivity index (χ0n) is 8.86. The minimum atomic E-state index is -0.00500. The number of carbonyl (C=O) groups is 1. The van der Waals surface area contributed by atoms with Gasteiger partial charge >= 0.3 is 0 Å². The fraction of sp³-hybridized carbons (Fsp3) is 0.364. The average molecular weight is 230 g/mol. The van der Waals surface area contributed by atoms with Gasteiger partial charge in [-0.15, -0.1) is 12.4 Å². The van der Waals surface area contributed by atoms with E-state index >= 15 is 0 Å². The Labute approximate surface area is 95.9 Å². The Morgan fingerprint density at radius 1 is 1.47 bits per heavy atom. The summed E-state index contributed by atoms with van der Waals surface area (Å²) in [5, 5.41) is 12.2. The van der Waals surface area contributed by atoms with E-state index < -0.39 is 0 Å². The molecule has 0 amide bonds. The number of rotatable bonds is 4. The molecule has 1 aromatic rings. The lowest BCUT2D eigenvalue weighted by Gasteiger charge is -2.06. The molecule has 0 spiro atoms. The standard InChI is InChI=1S/C11H15NO2.ClH/c1-8(2)12-7-11(14)9-4-3-5-10(13)6-9;/h3-6,8,12-13H,7H2,1-2H3;1H. The fourth-order valence-electron chi connectivity index (χ4n) is 1.08. The molecule has 84 valence electrons. The van der Waals surface area contributed by atoms with Gasteiger partial charge in [0.25, 0.3) is 0 Å². The Bertz CT molecular complexity index is 326. The normalized spacial score (nSPS) is 9.80. The van der Waals surface area contributed by atoms with Crippen molar-refractivity contribution in [3.05, 3.63) is 29.8 Å². The van der Waals surface area contributed by atoms with Gasteiger partial charge in [-0.3, -0.25) is 4.79 Å². The van der Waals surface area contributed by atoms with E-state index in [-0.39, 0.29) is 30.0 Å². The SMILES string of the molecule is CC(C)NCC(=O)c1cccc(O)c1.Cl. The number of aromatic hydroxyl groups is 1. The topological polar surface area (TPSA) is 49.3 Å². The largest absolute Gasteiger partial charge is 0.508 e. The van der Waals surface area contributed by atoms with Gasteiger partial charge < -0.3 is 10.4 Å². The molecule has 4 heteroatoms. The van der Waals surface area contributed by atoms with Gasteiger partial charge in [0.05, 0.1) is 6.54 Å². The van der Waals surface area contributed by atoms with Crippen molar-refractivity contribution in [2.45, 2.75) is 19.9 Å². The monoisotopic (exact) mass is 229 g/mol. The first-order chi connectivity index (χ1) is 6.59. The van der Waals surface area contributed by atoms with Gasteiger partial charge in [-0.2, -0.15) is 0 Å². The third-order valence-corrected chi connectivity index (χ3v) is 1.84. The first kappa shape index (κ1) is 13.9. The van der Waals surface area contributed by atoms with Gasteiger partial charge in [-0.05, 0) is 12.1 Å². The highest BCUT2D eigenvalue weighted by Gasteiger charge is 2.06. The number of Topliss-reactive ketones (excluding diaryl/α,β-unsaturated/α-hetero) is 1. The lowest BCUT2D eigenvalue weighted by atomic mass is 10.1. The maximum absolute atomic E-state index is 11.5. The van der Waals surface area contributed by atoms with Crippen LogP contribution in [0, 0.1) is 0 Å². The molecule has 0 aliphatic rings. The van der Waals surface area contributed by atoms with Crippen molar-refractivity contribution in [3.63, 3.8) is 0 Å². The minimum absolute atomic E-state index is 0. The van der Waals surface area contributed by atoms with E-state index in [0.717, 1.165) is 0 Å². The number of halogens is 1. The van der Waals surface area contributed by atoms with E-state index in [9.17, 15) is 4.79 Å². The Balaban J connectivity index is 0.00000196. The van der Waals surface area contributed by atoms with Crippen LogP contribution in [0.25, 0.3) is 0 Å². The van der Waals surface area contributed by atoms with Crippen LogP contribution < -0.4 is 5.32 Å². The van der Waals surface area contributed by atoms with Gasteiger partial charge in [0, 0.05) is 11.6 Å². The van der Waals surface area contributed by atoms with E-state index in [1.807, 2.05) is 13.8 Å². The number of phenols is 1. The maximum Gasteiger partial charge on any atom is 0.176 e. The van der Waals surface area contributed by atoms with Crippen LogP contribution in [-0.4, -0.2) is 23.5 Å². The van der Waals surface area contributed by atoms with Crippen molar-refractivity contribution < 1.29 is 9.90 Å². The number of benzene rings is 1. The zero-order chi connectivity index (χ0) is 10.6. The van der Waals surface area contributed by atoms with Crippen LogP contribution in [0.5, 0.6) is 5.75 Å². The van der Waals surface area contributed by atoms with Crippen LogP contribution in [-0.2, 0) is 0 Å². The summed E-state index contributed by atoms with van der Waals surface area (Å²) in [7, 11) is 0. The van der Waals surface area contributed by atoms with Gasteiger partial charge in [0.2, 0.25) is 0 Å². The molecule has 0 heterocycles. The lowest BCUT2D eigenvalue weighted by Crippen LogP contribution is -2.29. The first-order valence-electron chi connectivity index (χ1n) is 4.65. The summed E-state index contributed by atoms with van der Waals surface area (Å²) < 4.78 is 0. The molecule has 15 heavy (non-hydrogen) atoms. The number of hydrogen-bond acceptors (Lipinski definition) is 3. The van der Waals surface area contributed by atoms with Gasteiger partial charge in [0.15, 0.2) is 5.78 Å². The number of ketones is 1. The number of hydrogen-bond donors (Lipinski definition) is 2. The van der Waals surface area contributed by atoms with Crippen LogP contribution in [0.3, 0.4) is 0 Å². The summed E-state index contributed by atoms with van der Waals surface area (Å²) in [6, 6.07) is 6.68. The molecule has 2 N–H and O–H groups in total. The highest BCUT2D eigenvalue weighted by Crippen LogP contribution is 2.10. The Morgan fingerprint density at radius 2 is 2.13 bits per heavy atom. The molecule has 0 fully saturated rings. The molecule has 0 aliphatic carbocycles. The van der Waals surface area contributed by atoms with Crippen LogP contribution in [0.4, 0.5) is 0 Å². The fourth-order valence-corrected chi connectivity index (χ4v) is 1.08. The predicted molar refractivity (Wildman–Crippen MR) is 62.8 cm³/mol. The molecule has 0 saturated carbocycles. The minimum Gasteiger partial charge on any atom is -0.508 e. The van der Waals surface area contributed by atoms with E-state index in [4.69, 9.17) is 5.11 Å². The Hall–Kier alpha value is -1.06. The molecule has 3 nitrogen and oxygen atoms in total. The average Bonchev–Trinajstić information content (AvgIpc) is 2.14. The van der Waals surface area contributed by atoms with Crippen LogP contribution in [0.2, 0.25) is 0 Å². The number of phenolic OH excluding ortho intramolecular Hbond substituents is 1. The summed E-state index contributed by atoms with van der Waals surface area (Å²) in [6.45, 7) is 4.27. The summed E-state index contributed by atoms with van der Waals surface area (Å²) in [5.41, 5.74) is 0.540. The highest BCUT2D eigenvalue weighted by atomic mass is 35.5. The molecule has 0 aliphatic heterocycles. The molecule has 0 unspecified atom stereocenters. The van der Waals surface area contributed by atoms with Crippen molar-refractivity contribution in [3.8, 4) is 5.75 Å². The third-order valence-electron chi connectivity index (χ3n) is 1.84. The van der Waals surface area contributed by atoms with Crippen molar-refractivity contribution in [2.75, 3.05) is 6.54 Å². The van der Waals surface area contributed by atoms with Gasteiger partial charge in [0.1, 0.15) is 5.75 Å². The number of carbonyl (C=O) groups excluding carboxylic acids is 1. The Kier molecular flexibility index (Phi) is 5.97. The van der Waals surface area contributed by atoms with Crippen molar-refractivity contribution in [1.82, 2.24) is 5.32 Å². The first-order valence-corrected chi connectivity index (χ1v) is 4.65. The quantitative estimate of drug-likeness (QED) is 0.777. The molecule has 0 bridgehead atoms. The smallest absolute Gasteiger partial charge is 0.176 e. The summed E-state index contributed by atoms with van der Waals surface area (Å²) in [6.07, 6.45) is 0. The second-order valence-electron chi connectivity index (χ2n) is 3.51. The van der Waals surface area contributed by atoms with Crippen molar-refractivity contribution >= 4 is 18.2 Å². The Morgan fingerprint density at radius 3 is 2.67 bits per heavy atom. The van der Waals surface area contributed by atoms with Crippen LogP contribution in [0.1, 0.15) is 24.2 Å². The molecular weight excluding hydrogens is 214 g/mol. The third kappa shape index (κ3) is 4.81. The molecule has 0 radical (unpaired) electrons. The molecule has 0 atom stereocenters. The molecule has 0 aromatic heterocycles. The second-order valence-corrected chi connectivity index (χ2v) is 3.51. The summed E-state index contributed by atoms with van der Waals surface area (Å²) in [5.74, 6) is 0.120. The van der Waals surface area contributed by atoms with Crippen molar-refractivity contribution in [1.29, 1.82) is 0 Å². The van der Waals surface area contributed by atoms with E-state index in [1.165, 1.54) is 6.07 Å². The number of nitrogens with one attached hydrogen (secondary N) is 1. The van der Waals surface area contributed by atoms with Gasteiger partial charge in [-0.25, -0.2) is 0 Å². The van der Waals surface area contributed by atoms with Crippen molar-refractivity contribution in [2.24, 2.45) is 0 Å². The van der Waals surface area contributed by atoms with E-state index in [0.29, 0.717) is 12.1 Å². The van der Waals surface area contributed by atoms with E-state index in [2.05, 4.69) is 5.32 Å². The van der Waals surface area contributed by atoms with Crippen LogP contribution in [0.15, 0.2) is 24.3 Å². The highest BCUT2D eigenvalue weighted by molar-refractivity contribution is 5.97. The zero-order valence-corrected chi connectivity index (χ0v) is 9.67. The van der Waals surface area contributed by atoms with E-state index in [1.54, 1.807) is 18.2 Å². The molecule has 1 aromatic carbocycles. The predicted octanol–water partition coefficient (Wildman–Crippen LogP) is 1.99. The summed E-state index contributed by atoms with van der Waals surface area (Å²) in [4.78, 5) is 11.5. The summed E-state index contributed by atoms with van der Waals surface area (Å²) >= 11 is 0. The van der Waals surface area contributed by atoms with Gasteiger partial charge in [-0.1, -0.05) is 26.0 Å². The maximum atomic E-state index is 11.5.